The van der Waals surface area contributed by atoms with E-state index in [4.69, 9.17) is 10.7 Å². The number of carbonyl (C=O) groups excluding carboxylic acids is 2. The van der Waals surface area contributed by atoms with E-state index >= 15 is 0 Å². The van der Waals surface area contributed by atoms with Crippen LogP contribution in [0.2, 0.25) is 0 Å². The van der Waals surface area contributed by atoms with E-state index in [9.17, 15) is 9.59 Å². The van der Waals surface area contributed by atoms with Gasteiger partial charge in [-0.05, 0) is 67.9 Å². The first kappa shape index (κ1) is 22.3. The van der Waals surface area contributed by atoms with Gasteiger partial charge in [0.1, 0.15) is 5.82 Å². The summed E-state index contributed by atoms with van der Waals surface area (Å²) in [7, 11) is 0. The highest BCUT2D eigenvalue weighted by Gasteiger charge is 2.24. The molecule has 1 saturated carbocycles. The summed E-state index contributed by atoms with van der Waals surface area (Å²) in [5.74, 6) is 1.18. The number of piperidine rings is 1. The zero-order valence-corrected chi connectivity index (χ0v) is 18.8. The molecule has 6 heteroatoms. The highest BCUT2D eigenvalue weighted by molar-refractivity contribution is 5.93. The SMILES string of the molecule is NC(=O)c1ccc(-c2ccc(N3CCCC(CCN(C=O)C4CCCCC4)C3)nc2)cc1. The topological polar surface area (TPSA) is 79.5 Å². The molecule has 1 aromatic heterocycles. The van der Waals surface area contributed by atoms with Gasteiger partial charge < -0.3 is 15.5 Å². The number of nitrogens with two attached hydrogens (primary N) is 1. The molecule has 1 saturated heterocycles. The fourth-order valence-corrected chi connectivity index (χ4v) is 5.15. The van der Waals surface area contributed by atoms with Gasteiger partial charge in [-0.2, -0.15) is 0 Å². The Morgan fingerprint density at radius 3 is 2.44 bits per heavy atom. The zero-order valence-electron chi connectivity index (χ0n) is 18.8. The Morgan fingerprint density at radius 1 is 1.03 bits per heavy atom. The Labute approximate surface area is 190 Å². The predicted octanol–water partition coefficient (Wildman–Crippen LogP) is 4.25. The van der Waals surface area contributed by atoms with Crippen LogP contribution < -0.4 is 10.6 Å². The minimum Gasteiger partial charge on any atom is -0.366 e. The lowest BCUT2D eigenvalue weighted by Gasteiger charge is -2.36. The van der Waals surface area contributed by atoms with E-state index < -0.39 is 5.91 Å². The molecule has 0 spiro atoms. The first-order chi connectivity index (χ1) is 15.6. The fourth-order valence-electron chi connectivity index (χ4n) is 5.15. The Hall–Kier alpha value is -2.89. The minimum absolute atomic E-state index is 0.417. The van der Waals surface area contributed by atoms with Crippen LogP contribution in [-0.4, -0.2) is 47.9 Å². The highest BCUT2D eigenvalue weighted by Crippen LogP contribution is 2.27. The fraction of sp³-hybridized carbons (Fsp3) is 0.500. The molecule has 1 unspecified atom stereocenters. The molecule has 2 heterocycles. The lowest BCUT2D eigenvalue weighted by molar-refractivity contribution is -0.121. The van der Waals surface area contributed by atoms with Gasteiger partial charge in [0.2, 0.25) is 12.3 Å². The van der Waals surface area contributed by atoms with Crippen molar-refractivity contribution in [2.45, 2.75) is 57.4 Å². The second-order valence-electron chi connectivity index (χ2n) is 9.22. The van der Waals surface area contributed by atoms with Gasteiger partial charge in [0.25, 0.3) is 0 Å². The number of benzene rings is 1. The van der Waals surface area contributed by atoms with Crippen molar-refractivity contribution in [2.24, 2.45) is 11.7 Å². The Bertz CT molecular complexity index is 891. The normalized spacial score (nSPS) is 19.5. The standard InChI is InChI=1S/C26H34N4O2/c27-26(32)22-10-8-21(9-11-22)23-12-13-25(28-17-23)29-15-4-5-20(18-29)14-16-30(19-31)24-6-2-1-3-7-24/h8-13,17,19-20,24H,1-7,14-16,18H2,(H2,27,32). The number of rotatable bonds is 8. The number of amides is 2. The van der Waals surface area contributed by atoms with Crippen LogP contribution in [0, 0.1) is 5.92 Å². The Morgan fingerprint density at radius 2 is 1.78 bits per heavy atom. The van der Waals surface area contributed by atoms with Gasteiger partial charge >= 0.3 is 0 Å². The summed E-state index contributed by atoms with van der Waals surface area (Å²) in [6.07, 6.45) is 12.6. The van der Waals surface area contributed by atoms with E-state index in [1.807, 2.05) is 18.3 Å². The third-order valence-electron chi connectivity index (χ3n) is 7.07. The van der Waals surface area contributed by atoms with E-state index in [0.29, 0.717) is 17.5 Å². The Kier molecular flexibility index (Phi) is 7.40. The van der Waals surface area contributed by atoms with E-state index in [1.165, 1.54) is 25.7 Å². The molecule has 1 aliphatic carbocycles. The van der Waals surface area contributed by atoms with Gasteiger partial charge in [-0.3, -0.25) is 9.59 Å². The van der Waals surface area contributed by atoms with Gasteiger partial charge in [0.05, 0.1) is 0 Å². The van der Waals surface area contributed by atoms with Gasteiger partial charge in [-0.1, -0.05) is 31.4 Å². The van der Waals surface area contributed by atoms with E-state index in [1.54, 1.807) is 12.1 Å². The third-order valence-corrected chi connectivity index (χ3v) is 7.07. The van der Waals surface area contributed by atoms with Crippen LogP contribution >= 0.6 is 0 Å². The van der Waals surface area contributed by atoms with Gasteiger partial charge in [0.15, 0.2) is 0 Å². The summed E-state index contributed by atoms with van der Waals surface area (Å²) in [4.78, 5) is 32.1. The maximum atomic E-state index is 11.6. The van der Waals surface area contributed by atoms with Crippen molar-refractivity contribution in [1.82, 2.24) is 9.88 Å². The summed E-state index contributed by atoms with van der Waals surface area (Å²) >= 11 is 0. The first-order valence-corrected chi connectivity index (χ1v) is 12.0. The van der Waals surface area contributed by atoms with Crippen LogP contribution in [0.1, 0.15) is 61.7 Å². The summed E-state index contributed by atoms with van der Waals surface area (Å²) in [6, 6.07) is 11.9. The largest absolute Gasteiger partial charge is 0.366 e. The average molecular weight is 435 g/mol. The van der Waals surface area contributed by atoms with Crippen molar-refractivity contribution in [3.8, 4) is 11.1 Å². The third kappa shape index (κ3) is 5.47. The maximum absolute atomic E-state index is 11.6. The molecule has 2 aromatic rings. The molecule has 2 amide bonds. The van der Waals surface area contributed by atoms with Crippen LogP contribution in [0.4, 0.5) is 5.82 Å². The van der Waals surface area contributed by atoms with Crippen LogP contribution in [0.15, 0.2) is 42.6 Å². The molecule has 2 aliphatic rings. The summed E-state index contributed by atoms with van der Waals surface area (Å²) in [5, 5.41) is 0. The quantitative estimate of drug-likeness (QED) is 0.630. The number of aromatic nitrogens is 1. The predicted molar refractivity (Wildman–Crippen MR) is 127 cm³/mol. The molecule has 2 N–H and O–H groups in total. The van der Waals surface area contributed by atoms with Crippen LogP contribution in [0.3, 0.4) is 0 Å². The van der Waals surface area contributed by atoms with Gasteiger partial charge in [-0.25, -0.2) is 4.98 Å². The van der Waals surface area contributed by atoms with Crippen molar-refractivity contribution in [2.75, 3.05) is 24.5 Å². The first-order valence-electron chi connectivity index (χ1n) is 12.0. The zero-order chi connectivity index (χ0) is 22.3. The van der Waals surface area contributed by atoms with Crippen LogP contribution in [-0.2, 0) is 4.79 Å². The number of hydrogen-bond donors (Lipinski definition) is 1. The van der Waals surface area contributed by atoms with Crippen LogP contribution in [0.25, 0.3) is 11.1 Å². The molecule has 6 nitrogen and oxygen atoms in total. The molecule has 1 atom stereocenters. The van der Waals surface area contributed by atoms with E-state index in [0.717, 1.165) is 68.7 Å². The molecule has 4 rings (SSSR count). The second kappa shape index (κ2) is 10.6. The minimum atomic E-state index is -0.417. The molecule has 1 aromatic carbocycles. The van der Waals surface area contributed by atoms with E-state index in [-0.39, 0.29) is 0 Å². The van der Waals surface area contributed by atoms with Crippen molar-refractivity contribution in [3.63, 3.8) is 0 Å². The van der Waals surface area contributed by atoms with Crippen molar-refractivity contribution in [1.29, 1.82) is 0 Å². The summed E-state index contributed by atoms with van der Waals surface area (Å²) in [6.45, 7) is 2.90. The highest BCUT2D eigenvalue weighted by atomic mass is 16.1. The molecule has 0 radical (unpaired) electrons. The number of anilines is 1. The molecule has 170 valence electrons. The number of primary amides is 1. The molecule has 32 heavy (non-hydrogen) atoms. The average Bonchev–Trinajstić information content (AvgIpc) is 2.85. The van der Waals surface area contributed by atoms with Crippen molar-refractivity contribution >= 4 is 18.1 Å². The second-order valence-corrected chi connectivity index (χ2v) is 9.22. The van der Waals surface area contributed by atoms with Gasteiger partial charge in [-0.15, -0.1) is 0 Å². The molecule has 0 bridgehead atoms. The number of carbonyl (C=O) groups is 2. The summed E-state index contributed by atoms with van der Waals surface area (Å²) in [5.41, 5.74) is 7.87. The van der Waals surface area contributed by atoms with Crippen molar-refractivity contribution in [3.05, 3.63) is 48.2 Å². The molecule has 1 aliphatic heterocycles. The molecular weight excluding hydrogens is 400 g/mol. The van der Waals surface area contributed by atoms with Gasteiger partial charge in [0, 0.05) is 43.0 Å². The van der Waals surface area contributed by atoms with E-state index in [2.05, 4.69) is 21.9 Å². The van der Waals surface area contributed by atoms with Crippen molar-refractivity contribution < 1.29 is 9.59 Å². The summed E-state index contributed by atoms with van der Waals surface area (Å²) < 4.78 is 0. The number of nitrogens with zero attached hydrogens (tertiary/aromatic N) is 3. The lowest BCUT2D eigenvalue weighted by atomic mass is 9.92. The molecular formula is C26H34N4O2. The lowest BCUT2D eigenvalue weighted by Crippen LogP contribution is -2.40. The number of pyridine rings is 1. The number of hydrogen-bond acceptors (Lipinski definition) is 4. The Balaban J connectivity index is 1.33. The maximum Gasteiger partial charge on any atom is 0.248 e. The smallest absolute Gasteiger partial charge is 0.248 e. The monoisotopic (exact) mass is 434 g/mol. The molecule has 2 fully saturated rings. The van der Waals surface area contributed by atoms with Crippen LogP contribution in [0.5, 0.6) is 0 Å².